The molecule has 3 atom stereocenters. The summed E-state index contributed by atoms with van der Waals surface area (Å²) in [6.45, 7) is 35.9. The largest absolute Gasteiger partial charge is 0.379 e. The first-order valence-corrected chi connectivity index (χ1v) is 18.3. The molecule has 0 fully saturated rings. The molecule has 0 heterocycles. The highest BCUT2D eigenvalue weighted by Crippen LogP contribution is 2.54. The van der Waals surface area contributed by atoms with Crippen molar-refractivity contribution >= 4 is 47.0 Å². The van der Waals surface area contributed by atoms with E-state index in [2.05, 4.69) is 95.3 Å². The summed E-state index contributed by atoms with van der Waals surface area (Å²) in [7, 11) is 0. The monoisotopic (exact) mass is 635 g/mol. The second-order valence-corrected chi connectivity index (χ2v) is 20.7. The lowest BCUT2D eigenvalue weighted by Gasteiger charge is -2.52. The van der Waals surface area contributed by atoms with Crippen molar-refractivity contribution in [1.29, 1.82) is 0 Å². The van der Waals surface area contributed by atoms with Crippen LogP contribution in [0.2, 0.25) is 0 Å². The Balaban J connectivity index is 5.78. The number of ether oxygens (including phenoxy) is 2. The Morgan fingerprint density at radius 3 is 1.54 bits per heavy atom. The molecule has 1 N–H and O–H groups in total. The summed E-state index contributed by atoms with van der Waals surface area (Å²) in [4.78, 5) is 26.0. The SMILES string of the molecule is CC(C)SC(C)(C)C(C)C(C(C(=O)CCOCCOCCNC(=O)C(C)C)C(C)(C)SC(C)C)C(C)(C)SC(C)C. The van der Waals surface area contributed by atoms with Gasteiger partial charge in [-0.05, 0) is 41.4 Å². The predicted octanol–water partition coefficient (Wildman–Crippen LogP) is 8.38. The molecule has 0 aliphatic rings. The summed E-state index contributed by atoms with van der Waals surface area (Å²) in [6, 6.07) is 0. The predicted molar refractivity (Wildman–Crippen MR) is 186 cm³/mol. The molecule has 3 unspecified atom stereocenters. The van der Waals surface area contributed by atoms with E-state index in [0.717, 1.165) is 0 Å². The average Bonchev–Trinajstić information content (AvgIpc) is 2.77. The number of carbonyl (C=O) groups is 2. The fourth-order valence-corrected chi connectivity index (χ4v) is 10.9. The van der Waals surface area contributed by atoms with Crippen molar-refractivity contribution in [2.75, 3.05) is 33.0 Å². The van der Waals surface area contributed by atoms with E-state index in [9.17, 15) is 9.59 Å². The molecule has 0 bridgehead atoms. The lowest BCUT2D eigenvalue weighted by Crippen LogP contribution is -2.53. The third kappa shape index (κ3) is 15.6. The third-order valence-electron chi connectivity index (χ3n) is 7.45. The van der Waals surface area contributed by atoms with E-state index in [0.29, 0.717) is 66.8 Å². The Morgan fingerprint density at radius 2 is 1.07 bits per heavy atom. The molecule has 0 aliphatic carbocycles. The molecule has 5 nitrogen and oxygen atoms in total. The molecule has 0 spiro atoms. The van der Waals surface area contributed by atoms with E-state index in [4.69, 9.17) is 9.47 Å². The number of rotatable bonds is 22. The molecule has 0 aromatic rings. The number of Topliss-reactive ketones (excluding diaryl/α,β-unsaturated/α-hetero) is 1. The number of hydrogen-bond donors (Lipinski definition) is 1. The van der Waals surface area contributed by atoms with E-state index in [1.807, 2.05) is 49.1 Å². The van der Waals surface area contributed by atoms with Gasteiger partial charge in [0.15, 0.2) is 0 Å². The number of thioether (sulfide) groups is 3. The summed E-state index contributed by atoms with van der Waals surface area (Å²) >= 11 is 5.97. The average molecular weight is 636 g/mol. The zero-order chi connectivity index (χ0) is 32.2. The quantitative estimate of drug-likeness (QED) is 0.120. The summed E-state index contributed by atoms with van der Waals surface area (Å²) < 4.78 is 11.2. The normalized spacial score (nSPS) is 15.6. The van der Waals surface area contributed by atoms with E-state index >= 15 is 0 Å². The van der Waals surface area contributed by atoms with Gasteiger partial charge in [0.05, 0.1) is 26.4 Å². The Labute approximate surface area is 267 Å². The molecule has 0 saturated carbocycles. The number of carbonyl (C=O) groups excluding carboxylic acids is 2. The Hall–Kier alpha value is 0.110. The number of hydrogen-bond acceptors (Lipinski definition) is 7. The second kappa shape index (κ2) is 18.8. The van der Waals surface area contributed by atoms with Gasteiger partial charge in [0.25, 0.3) is 0 Å². The van der Waals surface area contributed by atoms with Gasteiger partial charge in [-0.2, -0.15) is 35.3 Å². The van der Waals surface area contributed by atoms with Gasteiger partial charge >= 0.3 is 0 Å². The number of ketones is 1. The summed E-state index contributed by atoms with van der Waals surface area (Å²) in [6.07, 6.45) is 0.403. The fourth-order valence-electron chi connectivity index (χ4n) is 5.93. The highest BCUT2D eigenvalue weighted by molar-refractivity contribution is 8.01. The number of amides is 1. The van der Waals surface area contributed by atoms with Crippen molar-refractivity contribution in [3.8, 4) is 0 Å². The van der Waals surface area contributed by atoms with Crippen LogP contribution >= 0.6 is 35.3 Å². The van der Waals surface area contributed by atoms with E-state index < -0.39 is 0 Å². The molecular formula is C33H65NO4S3. The van der Waals surface area contributed by atoms with Crippen LogP contribution in [-0.2, 0) is 19.1 Å². The minimum absolute atomic E-state index is 0.0211. The molecule has 41 heavy (non-hydrogen) atoms. The molecule has 0 aliphatic heterocycles. The van der Waals surface area contributed by atoms with Crippen LogP contribution in [0.15, 0.2) is 0 Å². The van der Waals surface area contributed by atoms with E-state index in [-0.39, 0.29) is 37.9 Å². The first-order chi connectivity index (χ1) is 18.7. The van der Waals surface area contributed by atoms with Crippen LogP contribution < -0.4 is 5.32 Å². The van der Waals surface area contributed by atoms with Crippen molar-refractivity contribution in [3.63, 3.8) is 0 Å². The standard InChI is InChI=1S/C33H65NO4S3/c1-22(2)30(36)34-17-19-38-21-20-37-18-16-27(35)29(33(14,15)41-25(7)8)28(32(12,13)40-24(5)6)26(9)31(10,11)39-23(3)4/h22-26,28-29H,16-21H2,1-15H3,(H,34,36). The Morgan fingerprint density at radius 1 is 0.634 bits per heavy atom. The van der Waals surface area contributed by atoms with Crippen LogP contribution in [0.3, 0.4) is 0 Å². The smallest absolute Gasteiger partial charge is 0.222 e. The van der Waals surface area contributed by atoms with Gasteiger partial charge in [0, 0.05) is 39.0 Å². The zero-order valence-electron chi connectivity index (χ0n) is 29.1. The van der Waals surface area contributed by atoms with Crippen molar-refractivity contribution in [1.82, 2.24) is 5.32 Å². The van der Waals surface area contributed by atoms with Crippen LogP contribution in [0, 0.1) is 23.7 Å². The van der Waals surface area contributed by atoms with Crippen LogP contribution in [0.4, 0.5) is 0 Å². The molecule has 0 saturated heterocycles. The summed E-state index contributed by atoms with van der Waals surface area (Å²) in [5, 5.41) is 4.26. The highest BCUT2D eigenvalue weighted by Gasteiger charge is 2.52. The topological polar surface area (TPSA) is 64.6 Å². The highest BCUT2D eigenvalue weighted by atomic mass is 32.2. The van der Waals surface area contributed by atoms with E-state index in [1.165, 1.54) is 0 Å². The lowest BCUT2D eigenvalue weighted by atomic mass is 9.65. The van der Waals surface area contributed by atoms with Crippen LogP contribution in [-0.4, -0.2) is 74.7 Å². The lowest BCUT2D eigenvalue weighted by molar-refractivity contribution is -0.128. The maximum atomic E-state index is 14.3. The Kier molecular flexibility index (Phi) is 18.9. The third-order valence-corrected chi connectivity index (χ3v) is 11.6. The zero-order valence-corrected chi connectivity index (χ0v) is 31.6. The van der Waals surface area contributed by atoms with Crippen molar-refractivity contribution in [3.05, 3.63) is 0 Å². The molecule has 1 amide bonds. The Bertz CT molecular complexity index is 766. The summed E-state index contributed by atoms with van der Waals surface area (Å²) in [5.74, 6) is 0.714. The van der Waals surface area contributed by atoms with Gasteiger partial charge in [0.2, 0.25) is 5.91 Å². The second-order valence-electron chi connectivity index (χ2n) is 14.0. The van der Waals surface area contributed by atoms with Gasteiger partial charge in [-0.1, -0.05) is 90.0 Å². The van der Waals surface area contributed by atoms with Crippen molar-refractivity contribution in [2.45, 2.75) is 140 Å². The van der Waals surface area contributed by atoms with Gasteiger partial charge < -0.3 is 14.8 Å². The van der Waals surface area contributed by atoms with Crippen LogP contribution in [0.25, 0.3) is 0 Å². The first kappa shape index (κ1) is 41.1. The molecule has 0 aromatic heterocycles. The molecule has 8 heteroatoms. The maximum absolute atomic E-state index is 14.3. The first-order valence-electron chi connectivity index (χ1n) is 15.6. The van der Waals surface area contributed by atoms with Gasteiger partial charge in [-0.25, -0.2) is 0 Å². The van der Waals surface area contributed by atoms with Gasteiger partial charge in [0.1, 0.15) is 5.78 Å². The van der Waals surface area contributed by atoms with Crippen molar-refractivity contribution < 1.29 is 19.1 Å². The molecule has 0 rings (SSSR count). The van der Waals surface area contributed by atoms with Gasteiger partial charge in [-0.15, -0.1) is 0 Å². The minimum atomic E-state index is -0.221. The molecule has 0 radical (unpaired) electrons. The fraction of sp³-hybridized carbons (Fsp3) is 0.939. The van der Waals surface area contributed by atoms with Crippen LogP contribution in [0.5, 0.6) is 0 Å². The minimum Gasteiger partial charge on any atom is -0.379 e. The van der Waals surface area contributed by atoms with Crippen LogP contribution in [0.1, 0.15) is 110 Å². The molecule has 244 valence electrons. The maximum Gasteiger partial charge on any atom is 0.222 e. The van der Waals surface area contributed by atoms with Gasteiger partial charge in [-0.3, -0.25) is 9.59 Å². The van der Waals surface area contributed by atoms with Crippen molar-refractivity contribution in [2.24, 2.45) is 23.7 Å². The number of nitrogens with one attached hydrogen (secondary N) is 1. The molecular weight excluding hydrogens is 571 g/mol. The molecule has 0 aromatic carbocycles. The summed E-state index contributed by atoms with van der Waals surface area (Å²) in [5.41, 5.74) is 0. The van der Waals surface area contributed by atoms with E-state index in [1.54, 1.807) is 0 Å².